The van der Waals surface area contributed by atoms with Gasteiger partial charge >= 0.3 is 0 Å². The van der Waals surface area contributed by atoms with E-state index in [1.165, 1.54) is 44.6 Å². The average Bonchev–Trinajstić information content (AvgIpc) is 2.63. The van der Waals surface area contributed by atoms with Gasteiger partial charge in [0.2, 0.25) is 0 Å². The molecule has 0 amide bonds. The summed E-state index contributed by atoms with van der Waals surface area (Å²) in [4.78, 5) is 2.67. The molecule has 0 aromatic heterocycles. The van der Waals surface area contributed by atoms with Crippen LogP contribution in [0.5, 0.6) is 0 Å². The van der Waals surface area contributed by atoms with Crippen molar-refractivity contribution in [2.45, 2.75) is 32.2 Å². The van der Waals surface area contributed by atoms with Crippen molar-refractivity contribution >= 4 is 11.8 Å². The lowest BCUT2D eigenvalue weighted by atomic mass is 10.2. The van der Waals surface area contributed by atoms with E-state index in [1.807, 2.05) is 11.8 Å². The van der Waals surface area contributed by atoms with Gasteiger partial charge in [-0.3, -0.25) is 4.90 Å². The highest BCUT2D eigenvalue weighted by atomic mass is 32.2. The fourth-order valence-corrected chi connectivity index (χ4v) is 2.56. The van der Waals surface area contributed by atoms with E-state index in [2.05, 4.69) is 23.4 Å². The zero-order valence-corrected chi connectivity index (χ0v) is 10.4. The van der Waals surface area contributed by atoms with E-state index >= 15 is 0 Å². The van der Waals surface area contributed by atoms with Gasteiger partial charge in [0.1, 0.15) is 0 Å². The van der Waals surface area contributed by atoms with Gasteiger partial charge in [0.15, 0.2) is 0 Å². The molecule has 1 heterocycles. The summed E-state index contributed by atoms with van der Waals surface area (Å²) in [5, 5.41) is 3.46. The maximum atomic E-state index is 3.46. The fourth-order valence-electron chi connectivity index (χ4n) is 2.14. The second-order valence-corrected chi connectivity index (χ2v) is 4.97. The van der Waals surface area contributed by atoms with E-state index in [0.29, 0.717) is 0 Å². The summed E-state index contributed by atoms with van der Waals surface area (Å²) >= 11 is 1.96. The number of likely N-dealkylation sites (N-methyl/N-ethyl adjacent to an activating group) is 1. The second kappa shape index (κ2) is 7.55. The maximum absolute atomic E-state index is 3.46. The highest BCUT2D eigenvalue weighted by Crippen LogP contribution is 2.16. The van der Waals surface area contributed by atoms with Crippen LogP contribution in [0.1, 0.15) is 26.2 Å². The van der Waals surface area contributed by atoms with Gasteiger partial charge in [-0.25, -0.2) is 0 Å². The third-order valence-electron chi connectivity index (χ3n) is 2.92. The van der Waals surface area contributed by atoms with E-state index in [9.17, 15) is 0 Å². The highest BCUT2D eigenvalue weighted by molar-refractivity contribution is 7.98. The van der Waals surface area contributed by atoms with Crippen LogP contribution in [0.4, 0.5) is 0 Å². The van der Waals surface area contributed by atoms with Gasteiger partial charge in [0.25, 0.3) is 0 Å². The third kappa shape index (κ3) is 4.20. The lowest BCUT2D eigenvalue weighted by Crippen LogP contribution is -2.38. The smallest absolute Gasteiger partial charge is 0.0221 e. The minimum Gasteiger partial charge on any atom is -0.315 e. The molecular formula is C11H24N2S. The van der Waals surface area contributed by atoms with Crippen LogP contribution >= 0.6 is 11.8 Å². The Kier molecular flexibility index (Phi) is 6.65. The molecule has 1 saturated heterocycles. The average molecular weight is 216 g/mol. The predicted molar refractivity (Wildman–Crippen MR) is 66.1 cm³/mol. The van der Waals surface area contributed by atoms with Gasteiger partial charge in [0, 0.05) is 12.6 Å². The lowest BCUT2D eigenvalue weighted by Gasteiger charge is -2.24. The number of hydrogen-bond donors (Lipinski definition) is 1. The summed E-state index contributed by atoms with van der Waals surface area (Å²) in [6.07, 6.45) is 6.34. The van der Waals surface area contributed by atoms with Crippen LogP contribution in [-0.2, 0) is 0 Å². The molecule has 2 nitrogen and oxygen atoms in total. The molecule has 0 aliphatic carbocycles. The minimum absolute atomic E-state index is 0.816. The summed E-state index contributed by atoms with van der Waals surface area (Å²) in [7, 11) is 0. The maximum Gasteiger partial charge on any atom is 0.0221 e. The van der Waals surface area contributed by atoms with Gasteiger partial charge in [0.05, 0.1) is 0 Å². The van der Waals surface area contributed by atoms with Crippen LogP contribution in [-0.4, -0.2) is 49.1 Å². The molecule has 0 aromatic rings. The van der Waals surface area contributed by atoms with Crippen LogP contribution < -0.4 is 5.32 Å². The number of nitrogens with one attached hydrogen (secondary N) is 1. The van der Waals surface area contributed by atoms with Crippen molar-refractivity contribution in [3.63, 3.8) is 0 Å². The standard InChI is InChI=1S/C11H24N2S/c1-3-12-10-11-6-4-7-13(11)8-5-9-14-2/h11-12H,3-10H2,1-2H3. The molecule has 0 spiro atoms. The van der Waals surface area contributed by atoms with Crippen molar-refractivity contribution in [3.05, 3.63) is 0 Å². The Hall–Kier alpha value is 0.270. The van der Waals surface area contributed by atoms with E-state index in [-0.39, 0.29) is 0 Å². The van der Waals surface area contributed by atoms with Crippen LogP contribution in [0.25, 0.3) is 0 Å². The first-order valence-electron chi connectivity index (χ1n) is 5.82. The molecule has 14 heavy (non-hydrogen) atoms. The Bertz CT molecular complexity index is 141. The Morgan fingerprint density at radius 3 is 3.07 bits per heavy atom. The van der Waals surface area contributed by atoms with Gasteiger partial charge in [-0.05, 0) is 50.9 Å². The largest absolute Gasteiger partial charge is 0.315 e. The second-order valence-electron chi connectivity index (χ2n) is 3.99. The lowest BCUT2D eigenvalue weighted by molar-refractivity contribution is 0.249. The molecule has 1 unspecified atom stereocenters. The predicted octanol–water partition coefficient (Wildman–Crippen LogP) is 1.81. The molecule has 1 aliphatic heterocycles. The Balaban J connectivity index is 2.14. The molecule has 0 saturated carbocycles. The zero-order chi connectivity index (χ0) is 10.2. The summed E-state index contributed by atoms with van der Waals surface area (Å²) in [5.41, 5.74) is 0. The summed E-state index contributed by atoms with van der Waals surface area (Å²) in [6, 6.07) is 0.816. The van der Waals surface area contributed by atoms with Gasteiger partial charge in [-0.15, -0.1) is 0 Å². The molecule has 0 bridgehead atoms. The number of nitrogens with zero attached hydrogens (tertiary/aromatic N) is 1. The quantitative estimate of drug-likeness (QED) is 0.654. The van der Waals surface area contributed by atoms with Crippen molar-refractivity contribution in [1.82, 2.24) is 10.2 Å². The first kappa shape index (κ1) is 12.3. The molecule has 0 aromatic carbocycles. The normalized spacial score (nSPS) is 23.1. The van der Waals surface area contributed by atoms with Gasteiger partial charge < -0.3 is 5.32 Å². The molecule has 1 rings (SSSR count). The van der Waals surface area contributed by atoms with Gasteiger partial charge in [-0.2, -0.15) is 11.8 Å². The summed E-state index contributed by atoms with van der Waals surface area (Å²) in [6.45, 7) is 7.11. The van der Waals surface area contributed by atoms with Crippen LogP contribution in [0.15, 0.2) is 0 Å². The summed E-state index contributed by atoms with van der Waals surface area (Å²) < 4.78 is 0. The van der Waals surface area contributed by atoms with Crippen molar-refractivity contribution in [2.24, 2.45) is 0 Å². The molecule has 84 valence electrons. The van der Waals surface area contributed by atoms with Crippen LogP contribution in [0.2, 0.25) is 0 Å². The fraction of sp³-hybridized carbons (Fsp3) is 1.00. The molecule has 1 N–H and O–H groups in total. The summed E-state index contributed by atoms with van der Waals surface area (Å²) in [5.74, 6) is 1.31. The monoisotopic (exact) mass is 216 g/mol. The van der Waals surface area contributed by atoms with Crippen molar-refractivity contribution < 1.29 is 0 Å². The number of hydrogen-bond acceptors (Lipinski definition) is 3. The first-order valence-corrected chi connectivity index (χ1v) is 7.21. The SMILES string of the molecule is CCNCC1CCCN1CCCSC. The minimum atomic E-state index is 0.816. The Labute approximate surface area is 92.8 Å². The third-order valence-corrected chi connectivity index (χ3v) is 3.62. The van der Waals surface area contributed by atoms with Crippen LogP contribution in [0, 0.1) is 0 Å². The highest BCUT2D eigenvalue weighted by Gasteiger charge is 2.22. The Morgan fingerprint density at radius 1 is 1.50 bits per heavy atom. The zero-order valence-electron chi connectivity index (χ0n) is 9.59. The van der Waals surface area contributed by atoms with Crippen LogP contribution in [0.3, 0.4) is 0 Å². The molecule has 1 atom stereocenters. The molecule has 1 aliphatic rings. The van der Waals surface area contributed by atoms with Crippen molar-refractivity contribution in [3.8, 4) is 0 Å². The van der Waals surface area contributed by atoms with E-state index < -0.39 is 0 Å². The van der Waals surface area contributed by atoms with E-state index in [1.54, 1.807) is 0 Å². The van der Waals surface area contributed by atoms with Gasteiger partial charge in [-0.1, -0.05) is 6.92 Å². The number of likely N-dealkylation sites (tertiary alicyclic amines) is 1. The number of rotatable bonds is 7. The van der Waals surface area contributed by atoms with E-state index in [4.69, 9.17) is 0 Å². The first-order chi connectivity index (χ1) is 6.88. The van der Waals surface area contributed by atoms with Crippen molar-refractivity contribution in [1.29, 1.82) is 0 Å². The topological polar surface area (TPSA) is 15.3 Å². The Morgan fingerprint density at radius 2 is 2.36 bits per heavy atom. The van der Waals surface area contributed by atoms with E-state index in [0.717, 1.165) is 12.6 Å². The molecule has 0 radical (unpaired) electrons. The molecular weight excluding hydrogens is 192 g/mol. The van der Waals surface area contributed by atoms with Crippen molar-refractivity contribution in [2.75, 3.05) is 38.2 Å². The number of thioether (sulfide) groups is 1. The molecule has 1 fully saturated rings. The molecule has 3 heteroatoms.